The van der Waals surface area contributed by atoms with E-state index in [-0.39, 0.29) is 22.7 Å². The topological polar surface area (TPSA) is 86.5 Å². The first-order chi connectivity index (χ1) is 12.7. The number of ether oxygens (including phenoxy) is 1. The normalized spacial score (nSPS) is 22.0. The van der Waals surface area contributed by atoms with Gasteiger partial charge < -0.3 is 4.74 Å². The molecule has 1 aromatic rings. The summed E-state index contributed by atoms with van der Waals surface area (Å²) < 4.78 is 5.54. The van der Waals surface area contributed by atoms with E-state index < -0.39 is 21.9 Å². The van der Waals surface area contributed by atoms with Crippen LogP contribution in [0.3, 0.4) is 0 Å². The zero-order valence-electron chi connectivity index (χ0n) is 15.7. The van der Waals surface area contributed by atoms with Crippen LogP contribution in [-0.4, -0.2) is 23.6 Å². The fourth-order valence-corrected chi connectivity index (χ4v) is 3.71. The average Bonchev–Trinajstić information content (AvgIpc) is 2.81. The van der Waals surface area contributed by atoms with Gasteiger partial charge in [-0.05, 0) is 36.5 Å². The molecule has 0 bridgehead atoms. The number of nitro benzene ring substituents is 1. The van der Waals surface area contributed by atoms with Crippen molar-refractivity contribution < 1.29 is 19.2 Å². The van der Waals surface area contributed by atoms with Gasteiger partial charge in [0.15, 0.2) is 11.6 Å². The Hall–Kier alpha value is -3.02. The maximum Gasteiger partial charge on any atom is 0.280 e. The molecule has 140 valence electrons. The second-order valence-electron chi connectivity index (χ2n) is 7.19. The second-order valence-corrected chi connectivity index (χ2v) is 7.19. The van der Waals surface area contributed by atoms with E-state index in [9.17, 15) is 19.7 Å². The summed E-state index contributed by atoms with van der Waals surface area (Å²) >= 11 is 0. The monoisotopic (exact) mass is 367 g/mol. The van der Waals surface area contributed by atoms with Crippen molar-refractivity contribution in [1.82, 2.24) is 0 Å². The quantitative estimate of drug-likeness (QED) is 0.446. The van der Waals surface area contributed by atoms with Crippen molar-refractivity contribution in [3.8, 4) is 0 Å². The fourth-order valence-electron chi connectivity index (χ4n) is 3.71. The van der Waals surface area contributed by atoms with Crippen LogP contribution in [0.4, 0.5) is 5.69 Å². The molecule has 3 rings (SSSR count). The van der Waals surface area contributed by atoms with E-state index in [1.54, 1.807) is 0 Å². The number of allylic oxidation sites excluding steroid dienone is 5. The number of nitro groups is 1. The molecule has 0 radical (unpaired) electrons. The van der Waals surface area contributed by atoms with E-state index in [4.69, 9.17) is 4.74 Å². The number of hydrogen-bond acceptors (Lipinski definition) is 5. The predicted octanol–water partition coefficient (Wildman–Crippen LogP) is 4.42. The molecule has 0 saturated carbocycles. The molecule has 27 heavy (non-hydrogen) atoms. The number of methoxy groups -OCH3 is 1. The summed E-state index contributed by atoms with van der Waals surface area (Å²) in [4.78, 5) is 37.3. The summed E-state index contributed by atoms with van der Waals surface area (Å²) in [6, 6.07) is 4.16. The summed E-state index contributed by atoms with van der Waals surface area (Å²) in [7, 11) is 1.50. The van der Waals surface area contributed by atoms with Crippen molar-refractivity contribution in [2.24, 2.45) is 11.3 Å². The Balaban J connectivity index is 2.24. The highest BCUT2D eigenvalue weighted by molar-refractivity contribution is 6.32. The van der Waals surface area contributed by atoms with Gasteiger partial charge >= 0.3 is 0 Å². The first-order valence-electron chi connectivity index (χ1n) is 8.76. The van der Waals surface area contributed by atoms with Crippen LogP contribution in [0.1, 0.15) is 47.9 Å². The lowest BCUT2D eigenvalue weighted by Gasteiger charge is -2.25. The van der Waals surface area contributed by atoms with Gasteiger partial charge in [0.25, 0.3) is 5.69 Å². The Morgan fingerprint density at radius 3 is 2.52 bits per heavy atom. The third-order valence-corrected chi connectivity index (χ3v) is 5.34. The van der Waals surface area contributed by atoms with E-state index in [1.165, 1.54) is 32.2 Å². The number of ketones is 2. The van der Waals surface area contributed by atoms with Gasteiger partial charge in [-0.2, -0.15) is 0 Å². The van der Waals surface area contributed by atoms with Gasteiger partial charge in [-0.25, -0.2) is 0 Å². The number of nitrogens with zero attached hydrogens (tertiary/aromatic N) is 1. The standard InChI is InChI=1S/C21H21NO5/c1-12(2)13-7-5-9-15(17(11-13)27-4)21(3)19(23)14-8-6-10-16(22(25)26)18(14)20(21)24/h5-8,10-12H,9H2,1-4H3. The molecule has 0 amide bonds. The fraction of sp³-hybridized carbons (Fsp3) is 0.333. The summed E-state index contributed by atoms with van der Waals surface area (Å²) in [5, 5.41) is 11.4. The van der Waals surface area contributed by atoms with Crippen molar-refractivity contribution in [2.75, 3.05) is 7.11 Å². The molecule has 0 saturated heterocycles. The van der Waals surface area contributed by atoms with E-state index in [0.29, 0.717) is 17.8 Å². The molecule has 6 heteroatoms. The average molecular weight is 367 g/mol. The molecule has 0 fully saturated rings. The minimum absolute atomic E-state index is 0.0981. The van der Waals surface area contributed by atoms with Gasteiger partial charge in [-0.3, -0.25) is 19.7 Å². The van der Waals surface area contributed by atoms with E-state index in [2.05, 4.69) is 0 Å². The molecule has 1 unspecified atom stereocenters. The van der Waals surface area contributed by atoms with Gasteiger partial charge in [-0.1, -0.05) is 38.1 Å². The van der Waals surface area contributed by atoms with Crippen LogP contribution >= 0.6 is 0 Å². The molecular formula is C21H21NO5. The van der Waals surface area contributed by atoms with Gasteiger partial charge in [0.2, 0.25) is 0 Å². The van der Waals surface area contributed by atoms with E-state index in [0.717, 1.165) is 5.57 Å². The zero-order valence-corrected chi connectivity index (χ0v) is 15.7. The van der Waals surface area contributed by atoms with Gasteiger partial charge in [-0.15, -0.1) is 0 Å². The Bertz CT molecular complexity index is 951. The van der Waals surface area contributed by atoms with Crippen molar-refractivity contribution in [1.29, 1.82) is 0 Å². The van der Waals surface area contributed by atoms with E-state index >= 15 is 0 Å². The molecule has 0 spiro atoms. The van der Waals surface area contributed by atoms with Crippen LogP contribution in [0, 0.1) is 21.4 Å². The number of Topliss-reactive ketones (excluding diaryl/α,β-unsaturated/α-hetero) is 2. The SMILES string of the molecule is COC1=C(C2(C)C(=O)c3cccc([N+](=O)[O-])c3C2=O)CC=CC(C(C)C)=C1. The Labute approximate surface area is 157 Å². The highest BCUT2D eigenvalue weighted by atomic mass is 16.6. The third kappa shape index (κ3) is 2.72. The van der Waals surface area contributed by atoms with Crippen molar-refractivity contribution in [2.45, 2.75) is 27.2 Å². The predicted molar refractivity (Wildman–Crippen MR) is 101 cm³/mol. The maximum atomic E-state index is 13.3. The smallest absolute Gasteiger partial charge is 0.280 e. The summed E-state index contributed by atoms with van der Waals surface area (Å²) in [5.74, 6) is -0.269. The van der Waals surface area contributed by atoms with Crippen LogP contribution < -0.4 is 0 Å². The molecule has 1 atom stereocenters. The molecule has 2 aliphatic rings. The second kappa shape index (κ2) is 6.61. The molecule has 2 aliphatic carbocycles. The highest BCUT2D eigenvalue weighted by Gasteiger charge is 2.55. The highest BCUT2D eigenvalue weighted by Crippen LogP contribution is 2.48. The number of carbonyl (C=O) groups is 2. The molecule has 0 N–H and O–H groups in total. The lowest BCUT2D eigenvalue weighted by Crippen LogP contribution is -2.33. The van der Waals surface area contributed by atoms with Crippen molar-refractivity contribution in [3.63, 3.8) is 0 Å². The zero-order chi connectivity index (χ0) is 19.9. The van der Waals surface area contributed by atoms with Crippen LogP contribution in [0.5, 0.6) is 0 Å². The number of carbonyl (C=O) groups excluding carboxylic acids is 2. The lowest BCUT2D eigenvalue weighted by atomic mass is 9.75. The van der Waals surface area contributed by atoms with Gasteiger partial charge in [0, 0.05) is 11.6 Å². The minimum atomic E-state index is -1.52. The molecule has 1 aromatic carbocycles. The number of benzene rings is 1. The number of rotatable bonds is 4. The summed E-state index contributed by atoms with van der Waals surface area (Å²) in [6.07, 6.45) is 6.05. The number of hydrogen-bond donors (Lipinski definition) is 0. The van der Waals surface area contributed by atoms with Gasteiger partial charge in [0.05, 0.1) is 12.0 Å². The van der Waals surface area contributed by atoms with Crippen molar-refractivity contribution >= 4 is 17.3 Å². The molecular weight excluding hydrogens is 346 g/mol. The first-order valence-corrected chi connectivity index (χ1v) is 8.76. The molecule has 6 nitrogen and oxygen atoms in total. The molecule has 0 aromatic heterocycles. The largest absolute Gasteiger partial charge is 0.497 e. The van der Waals surface area contributed by atoms with Crippen molar-refractivity contribution in [3.05, 3.63) is 74.6 Å². The van der Waals surface area contributed by atoms with Crippen LogP contribution in [0.2, 0.25) is 0 Å². The Morgan fingerprint density at radius 2 is 1.93 bits per heavy atom. The van der Waals surface area contributed by atoms with Gasteiger partial charge in [0.1, 0.15) is 16.7 Å². The summed E-state index contributed by atoms with van der Waals surface area (Å²) in [6.45, 7) is 5.63. The van der Waals surface area contributed by atoms with Crippen LogP contribution in [0.15, 0.2) is 53.3 Å². The summed E-state index contributed by atoms with van der Waals surface area (Å²) in [5.41, 5.74) is -0.325. The Kier molecular flexibility index (Phi) is 4.59. The minimum Gasteiger partial charge on any atom is -0.497 e. The van der Waals surface area contributed by atoms with E-state index in [1.807, 2.05) is 32.1 Å². The maximum absolute atomic E-state index is 13.3. The van der Waals surface area contributed by atoms with Crippen LogP contribution in [0.25, 0.3) is 0 Å². The third-order valence-electron chi connectivity index (χ3n) is 5.34. The first kappa shape index (κ1) is 18.8. The van der Waals surface area contributed by atoms with Crippen LogP contribution in [-0.2, 0) is 4.74 Å². The molecule has 0 aliphatic heterocycles. The number of fused-ring (bicyclic) bond motifs is 1. The lowest BCUT2D eigenvalue weighted by molar-refractivity contribution is -0.385. The molecule has 0 heterocycles. The Morgan fingerprint density at radius 1 is 1.22 bits per heavy atom.